The third kappa shape index (κ3) is 9.15. The molecule has 4 aromatic rings. The van der Waals surface area contributed by atoms with E-state index in [-0.39, 0.29) is 16.5 Å². The third-order valence-corrected chi connectivity index (χ3v) is 9.33. The molecule has 0 bridgehead atoms. The molecule has 0 radical (unpaired) electrons. The second-order valence-corrected chi connectivity index (χ2v) is 11.6. The molecule has 2 aromatic heterocycles. The second kappa shape index (κ2) is 16.5. The summed E-state index contributed by atoms with van der Waals surface area (Å²) >= 11 is 25.2. The first-order valence-electron chi connectivity index (χ1n) is 12.0. The first-order valence-corrected chi connectivity index (χ1v) is 15.4. The minimum absolute atomic E-state index is 0. The number of hydrogen-bond donors (Lipinski definition) is 0. The van der Waals surface area contributed by atoms with E-state index in [0.717, 1.165) is 58.2 Å². The van der Waals surface area contributed by atoms with Crippen molar-refractivity contribution in [3.63, 3.8) is 0 Å². The Labute approximate surface area is 272 Å². The summed E-state index contributed by atoms with van der Waals surface area (Å²) in [5, 5.41) is 4.01. The van der Waals surface area contributed by atoms with Gasteiger partial charge in [0.25, 0.3) is 0 Å². The van der Waals surface area contributed by atoms with Crippen molar-refractivity contribution in [2.24, 2.45) is 0 Å². The molecule has 210 valence electrons. The molecule has 2 aromatic carbocycles. The molecule has 0 N–H and O–H groups in total. The van der Waals surface area contributed by atoms with E-state index in [1.54, 1.807) is 22.7 Å². The number of hydrogen-bond acceptors (Lipinski definition) is 8. The SMILES string of the molecule is CCOc1ccc(C)c(/C([S-])=C(/[S-])c2cccs2)c1.CCOc1ccc(C)cc1/C([S-])=C(/[S-])c1cccs1.[Ni]. The van der Waals surface area contributed by atoms with E-state index in [0.29, 0.717) is 18.1 Å². The molecule has 0 atom stereocenters. The second-order valence-electron chi connectivity index (χ2n) is 8.11. The molecular formula is C30H28NiO2S6-4. The van der Waals surface area contributed by atoms with Crippen LogP contribution >= 0.6 is 22.7 Å². The Morgan fingerprint density at radius 3 is 1.74 bits per heavy atom. The summed E-state index contributed by atoms with van der Waals surface area (Å²) in [6.45, 7) is 9.26. The van der Waals surface area contributed by atoms with Crippen molar-refractivity contribution < 1.29 is 26.0 Å². The molecule has 0 saturated carbocycles. The maximum Gasteiger partial charge on any atom is 0.124 e. The van der Waals surface area contributed by atoms with Gasteiger partial charge in [0.05, 0.1) is 13.2 Å². The Balaban J connectivity index is 0.000000267. The van der Waals surface area contributed by atoms with Crippen LogP contribution in [-0.4, -0.2) is 13.2 Å². The van der Waals surface area contributed by atoms with Crippen molar-refractivity contribution in [3.05, 3.63) is 103 Å². The van der Waals surface area contributed by atoms with Crippen molar-refractivity contribution in [1.29, 1.82) is 0 Å². The third-order valence-electron chi connectivity index (χ3n) is 5.35. The zero-order chi connectivity index (χ0) is 27.7. The van der Waals surface area contributed by atoms with Gasteiger partial charge >= 0.3 is 0 Å². The Morgan fingerprint density at radius 2 is 1.23 bits per heavy atom. The summed E-state index contributed by atoms with van der Waals surface area (Å²) < 4.78 is 11.2. The summed E-state index contributed by atoms with van der Waals surface area (Å²) in [7, 11) is 0. The van der Waals surface area contributed by atoms with E-state index < -0.39 is 0 Å². The van der Waals surface area contributed by atoms with Crippen LogP contribution in [0.1, 0.15) is 45.9 Å². The van der Waals surface area contributed by atoms with Gasteiger partial charge in [0.2, 0.25) is 0 Å². The fraction of sp³-hybridized carbons (Fsp3) is 0.200. The van der Waals surface area contributed by atoms with Gasteiger partial charge in [-0.15, -0.1) is 22.7 Å². The molecule has 0 aliphatic heterocycles. The van der Waals surface area contributed by atoms with Gasteiger partial charge in [-0.1, -0.05) is 29.8 Å². The quantitative estimate of drug-likeness (QED) is 0.137. The molecule has 39 heavy (non-hydrogen) atoms. The van der Waals surface area contributed by atoms with Gasteiger partial charge < -0.3 is 60.0 Å². The molecule has 2 nitrogen and oxygen atoms in total. The number of thiophene rings is 2. The van der Waals surface area contributed by atoms with Crippen molar-refractivity contribution in [3.8, 4) is 11.5 Å². The Kier molecular flexibility index (Phi) is 14.2. The van der Waals surface area contributed by atoms with Crippen LogP contribution in [0.3, 0.4) is 0 Å². The minimum atomic E-state index is 0. The Hall–Kier alpha value is -1.71. The van der Waals surface area contributed by atoms with Crippen molar-refractivity contribution in [1.82, 2.24) is 0 Å². The number of ether oxygens (including phenoxy) is 2. The summed E-state index contributed by atoms with van der Waals surface area (Å²) in [4.78, 5) is 4.93. The molecule has 2 heterocycles. The van der Waals surface area contributed by atoms with Gasteiger partial charge in [0.15, 0.2) is 0 Å². The van der Waals surface area contributed by atoms with Crippen LogP contribution in [0.4, 0.5) is 0 Å². The summed E-state index contributed by atoms with van der Waals surface area (Å²) in [6.07, 6.45) is 0. The molecule has 0 spiro atoms. The van der Waals surface area contributed by atoms with Gasteiger partial charge in [0.1, 0.15) is 11.5 Å². The number of rotatable bonds is 8. The molecule has 0 unspecified atom stereocenters. The van der Waals surface area contributed by atoms with E-state index in [9.17, 15) is 0 Å². The largest absolute Gasteiger partial charge is 0.780 e. The fourth-order valence-corrected chi connectivity index (χ4v) is 6.20. The van der Waals surface area contributed by atoms with Crippen LogP contribution in [0.15, 0.2) is 71.4 Å². The molecule has 0 fully saturated rings. The first kappa shape index (κ1) is 33.5. The summed E-state index contributed by atoms with van der Waals surface area (Å²) in [5.41, 5.74) is 4.16. The normalized spacial score (nSPS) is 11.8. The Bertz CT molecular complexity index is 1390. The molecule has 0 amide bonds. The number of aryl methyl sites for hydroxylation is 2. The molecule has 0 aliphatic carbocycles. The van der Waals surface area contributed by atoms with E-state index in [1.807, 2.05) is 99.1 Å². The van der Waals surface area contributed by atoms with Crippen molar-refractivity contribution >= 4 is 92.8 Å². The zero-order valence-corrected chi connectivity index (χ0v) is 27.8. The van der Waals surface area contributed by atoms with E-state index >= 15 is 0 Å². The Morgan fingerprint density at radius 1 is 0.667 bits per heavy atom. The van der Waals surface area contributed by atoms with Crippen LogP contribution in [0.25, 0.3) is 19.6 Å². The van der Waals surface area contributed by atoms with Crippen LogP contribution < -0.4 is 9.47 Å². The average molecular weight is 672 g/mol. The predicted octanol–water partition coefficient (Wildman–Crippen LogP) is 8.75. The predicted molar refractivity (Wildman–Crippen MR) is 176 cm³/mol. The van der Waals surface area contributed by atoms with Gasteiger partial charge in [0, 0.05) is 26.2 Å². The topological polar surface area (TPSA) is 18.5 Å². The van der Waals surface area contributed by atoms with Crippen LogP contribution in [0.5, 0.6) is 11.5 Å². The average Bonchev–Trinajstić information content (AvgIpc) is 3.65. The standard InChI is InChI=1S/2C15H16OS3.Ni/c1-3-16-11-7-6-10(2)12(9-11)14(17)15(18)13-5-4-8-19-13;1-3-16-12-7-6-10(2)9-11(12)14(17)15(18)13-5-4-8-19-13;/h2*4-9,17-18H,3H2,1-2H3;/p-4/b2*15-14-;. The van der Waals surface area contributed by atoms with E-state index in [4.69, 9.17) is 60.0 Å². The molecule has 0 aliphatic rings. The van der Waals surface area contributed by atoms with Gasteiger partial charge in [-0.2, -0.15) is 19.6 Å². The van der Waals surface area contributed by atoms with Crippen LogP contribution in [0, 0.1) is 13.8 Å². The van der Waals surface area contributed by atoms with E-state index in [1.165, 1.54) is 0 Å². The number of benzene rings is 2. The molecule has 4 rings (SSSR count). The van der Waals surface area contributed by atoms with Crippen molar-refractivity contribution in [2.45, 2.75) is 27.7 Å². The van der Waals surface area contributed by atoms with Crippen LogP contribution in [-0.2, 0) is 67.0 Å². The van der Waals surface area contributed by atoms with Crippen LogP contribution in [0.2, 0.25) is 0 Å². The maximum atomic E-state index is 5.64. The van der Waals surface area contributed by atoms with Gasteiger partial charge in [-0.3, -0.25) is 0 Å². The zero-order valence-electron chi connectivity index (χ0n) is 21.9. The van der Waals surface area contributed by atoms with Gasteiger partial charge in [-0.25, -0.2) is 0 Å². The van der Waals surface area contributed by atoms with Gasteiger partial charge in [-0.05, 0) is 91.5 Å². The monoisotopic (exact) mass is 670 g/mol. The summed E-state index contributed by atoms with van der Waals surface area (Å²) in [6, 6.07) is 19.9. The first-order chi connectivity index (χ1) is 18.3. The minimum Gasteiger partial charge on any atom is -0.780 e. The molecule has 0 saturated heterocycles. The molecular weight excluding hydrogens is 643 g/mol. The van der Waals surface area contributed by atoms with E-state index in [2.05, 4.69) is 0 Å². The fourth-order valence-electron chi connectivity index (χ4n) is 3.49. The smallest absolute Gasteiger partial charge is 0.124 e. The molecule has 9 heteroatoms. The summed E-state index contributed by atoms with van der Waals surface area (Å²) in [5.74, 6) is 1.64. The van der Waals surface area contributed by atoms with Crippen molar-refractivity contribution in [2.75, 3.05) is 13.2 Å². The maximum absolute atomic E-state index is 5.64.